The van der Waals surface area contributed by atoms with Crippen LogP contribution in [-0.4, -0.2) is 15.0 Å². The van der Waals surface area contributed by atoms with Crippen LogP contribution in [0.25, 0.3) is 123 Å². The van der Waals surface area contributed by atoms with Gasteiger partial charge in [-0.2, -0.15) is 0 Å². The summed E-state index contributed by atoms with van der Waals surface area (Å²) < 4.78 is 26.6. The van der Waals surface area contributed by atoms with Crippen molar-refractivity contribution in [2.75, 3.05) is 0 Å². The van der Waals surface area contributed by atoms with Gasteiger partial charge in [0, 0.05) is 39.4 Å². The molecular weight excluding hydrogens is 1080 g/mol. The summed E-state index contributed by atoms with van der Waals surface area (Å²) in [5.74, 6) is 0. The van der Waals surface area contributed by atoms with E-state index in [0.29, 0.717) is 11.3 Å². The minimum absolute atomic E-state index is 0. The monoisotopic (exact) mass is 1120 g/mol. The van der Waals surface area contributed by atoms with Gasteiger partial charge in [-0.3, -0.25) is 0 Å². The second kappa shape index (κ2) is 21.4. The van der Waals surface area contributed by atoms with Gasteiger partial charge in [0.25, 0.3) is 0 Å². The van der Waals surface area contributed by atoms with Crippen LogP contribution in [0.3, 0.4) is 0 Å². The number of nitrogens with zero attached hydrogens (tertiary/aromatic N) is 3. The molecule has 74 heavy (non-hydrogen) atoms. The van der Waals surface area contributed by atoms with Crippen LogP contribution in [0, 0.1) is 25.1 Å². The third-order valence-corrected chi connectivity index (χ3v) is 13.4. The molecule has 0 N–H and O–H groups in total. The average molecular weight is 1120 g/mol. The first-order valence-corrected chi connectivity index (χ1v) is 24.3. The third kappa shape index (κ3) is 9.61. The normalized spacial score (nSPS) is 11.7. The number of rotatable bonds is 11. The molecule has 0 aliphatic rings. The fourth-order valence-electron chi connectivity index (χ4n) is 9.83. The van der Waals surface area contributed by atoms with Crippen LogP contribution in [0.1, 0.15) is 9.68 Å². The van der Waals surface area contributed by atoms with Gasteiger partial charge in [0.2, 0.25) is 0 Å². The maximum atomic E-state index is 8.87. The van der Waals surface area contributed by atoms with Gasteiger partial charge in [-0.05, 0) is 120 Å². The van der Waals surface area contributed by atoms with Crippen LogP contribution in [0.4, 0.5) is 0 Å². The summed E-state index contributed by atoms with van der Waals surface area (Å²) >= 11 is 0. The molecule has 3 heterocycles. The molecule has 12 rings (SSSR count). The number of aryl methyl sites for hydroxylation is 1. The summed E-state index contributed by atoms with van der Waals surface area (Å²) in [6.07, 6.45) is 5.68. The van der Waals surface area contributed by atoms with Crippen molar-refractivity contribution in [3.05, 3.63) is 285 Å². The van der Waals surface area contributed by atoms with Crippen LogP contribution < -0.4 is 0 Å². The van der Waals surface area contributed by atoms with Crippen molar-refractivity contribution in [1.82, 2.24) is 15.0 Å². The first-order valence-electron chi connectivity index (χ1n) is 25.8. The van der Waals surface area contributed by atoms with E-state index >= 15 is 0 Å². The second-order valence-electron chi connectivity index (χ2n) is 17.8. The number of aromatic nitrogens is 3. The average Bonchev–Trinajstić information content (AvgIpc) is 3.51. The molecular formula is C70H46IrN3. The molecule has 0 saturated carbocycles. The molecule has 9 aromatic carbocycles. The molecule has 0 unspecified atom stereocenters. The van der Waals surface area contributed by atoms with Gasteiger partial charge >= 0.3 is 20.1 Å². The van der Waals surface area contributed by atoms with Gasteiger partial charge in [0.05, 0.1) is 0 Å². The van der Waals surface area contributed by atoms with Crippen LogP contribution in [0.2, 0.25) is 0 Å². The molecule has 0 aliphatic carbocycles. The quantitative estimate of drug-likeness (QED) is 0.121. The van der Waals surface area contributed by atoms with Gasteiger partial charge in [0.15, 0.2) is 0 Å². The van der Waals surface area contributed by atoms with E-state index in [1.54, 1.807) is 12.3 Å². The number of hydrogen-bond donors (Lipinski definition) is 0. The van der Waals surface area contributed by atoms with Crippen molar-refractivity contribution >= 4 is 0 Å². The largest absolute Gasteiger partial charge is 3.00 e. The summed E-state index contributed by atoms with van der Waals surface area (Å²) in [6.45, 7) is -2.45. The van der Waals surface area contributed by atoms with Crippen molar-refractivity contribution in [2.45, 2.75) is 6.85 Å². The van der Waals surface area contributed by atoms with Crippen molar-refractivity contribution in [1.29, 1.82) is 0 Å². The van der Waals surface area contributed by atoms with Gasteiger partial charge in [-0.1, -0.05) is 152 Å². The standard InChI is InChI=1S/C70H46N3.Ir/c1-48-39-68(51-27-11-4-12-28-51)71-45-65(48)60-36-20-17-33-57(60)54-40-55(58-34-18-21-37-61(58)66-46-72-69(52-29-13-5-14-30-52)43-63(66)49-23-7-2-8-24-49)42-56(41-54)59-35-19-22-38-62(59)67-47-73-70(53-31-15-6-16-32-53)44-64(67)50-25-9-3-10-26-50;/h2-27,29,31,33-47H,1H3;/q-3;+3/i1D3;. The van der Waals surface area contributed by atoms with E-state index in [-0.39, 0.29) is 25.7 Å². The zero-order chi connectivity index (χ0) is 51.4. The zero-order valence-corrected chi connectivity index (χ0v) is 42.4. The zero-order valence-electron chi connectivity index (χ0n) is 43.0. The Labute approximate surface area is 451 Å². The van der Waals surface area contributed by atoms with Crippen LogP contribution in [0.15, 0.2) is 261 Å². The number of benzene rings is 9. The summed E-state index contributed by atoms with van der Waals surface area (Å²) in [6, 6.07) is 92.1. The fourth-order valence-corrected chi connectivity index (χ4v) is 9.83. The molecule has 350 valence electrons. The Morgan fingerprint density at radius 1 is 0.284 bits per heavy atom. The molecule has 0 bridgehead atoms. The Hall–Kier alpha value is -8.92. The minimum atomic E-state index is -2.45. The summed E-state index contributed by atoms with van der Waals surface area (Å²) in [5.41, 5.74) is 20.1. The topological polar surface area (TPSA) is 38.7 Å². The van der Waals surface area contributed by atoms with Crippen LogP contribution in [0.5, 0.6) is 0 Å². The van der Waals surface area contributed by atoms with E-state index in [1.165, 1.54) is 0 Å². The molecule has 0 atom stereocenters. The number of pyridine rings is 3. The van der Waals surface area contributed by atoms with Crippen molar-refractivity contribution in [3.63, 3.8) is 0 Å². The Morgan fingerprint density at radius 2 is 0.608 bits per heavy atom. The number of hydrogen-bond acceptors (Lipinski definition) is 3. The first kappa shape index (κ1) is 43.8. The Morgan fingerprint density at radius 3 is 0.973 bits per heavy atom. The second-order valence-corrected chi connectivity index (χ2v) is 17.8. The molecule has 0 spiro atoms. The summed E-state index contributed by atoms with van der Waals surface area (Å²) in [5, 5.41) is 0. The van der Waals surface area contributed by atoms with Crippen LogP contribution in [-0.2, 0) is 20.1 Å². The Balaban J connectivity index is 0.00000631. The van der Waals surface area contributed by atoms with Crippen LogP contribution >= 0.6 is 0 Å². The minimum Gasteiger partial charge on any atom is -0.304 e. The summed E-state index contributed by atoms with van der Waals surface area (Å²) in [7, 11) is 0. The maximum absolute atomic E-state index is 8.87. The van der Waals surface area contributed by atoms with Crippen molar-refractivity contribution < 1.29 is 24.2 Å². The van der Waals surface area contributed by atoms with E-state index in [2.05, 4.69) is 152 Å². The predicted octanol–water partition coefficient (Wildman–Crippen LogP) is 17.9. The predicted molar refractivity (Wildman–Crippen MR) is 301 cm³/mol. The Kier molecular flexibility index (Phi) is 12.7. The van der Waals surface area contributed by atoms with Gasteiger partial charge in [-0.25, -0.2) is 0 Å². The molecule has 3 aromatic heterocycles. The summed E-state index contributed by atoms with van der Waals surface area (Å²) in [4.78, 5) is 15.0. The third-order valence-electron chi connectivity index (χ3n) is 13.4. The SMILES string of the molecule is [2H]C([2H])([2H])c1cc(-c2[c-]cccc2)ncc1-c1ccccc1-c1cc(-c2ccccc2-c2cnc(-c3[c-]cccc3)cc2-c2ccccc2)cc(-c2ccccc2-c2cnc(-c3[c-]cccc3)cc2-c2ccccc2)c1.[Ir+3]. The maximum Gasteiger partial charge on any atom is 3.00 e. The molecule has 4 heteroatoms. The molecule has 0 amide bonds. The molecule has 3 nitrogen and oxygen atoms in total. The van der Waals surface area contributed by atoms with E-state index in [1.807, 2.05) is 116 Å². The van der Waals surface area contributed by atoms with Crippen molar-refractivity contribution in [3.8, 4) is 123 Å². The first-order chi connectivity index (χ1) is 37.3. The fraction of sp³-hybridized carbons (Fsp3) is 0.0143. The van der Waals surface area contributed by atoms with E-state index in [0.717, 1.165) is 112 Å². The van der Waals surface area contributed by atoms with Gasteiger partial charge < -0.3 is 15.0 Å². The van der Waals surface area contributed by atoms with Crippen molar-refractivity contribution in [2.24, 2.45) is 0 Å². The molecule has 0 saturated heterocycles. The molecule has 0 aliphatic heterocycles. The molecule has 0 fully saturated rings. The smallest absolute Gasteiger partial charge is 0.304 e. The van der Waals surface area contributed by atoms with Gasteiger partial charge in [-0.15, -0.1) is 108 Å². The Bertz CT molecular complexity index is 3830. The van der Waals surface area contributed by atoms with E-state index in [9.17, 15) is 0 Å². The van der Waals surface area contributed by atoms with E-state index in [4.69, 9.17) is 19.1 Å². The van der Waals surface area contributed by atoms with E-state index < -0.39 is 6.85 Å². The molecule has 12 aromatic rings. The van der Waals surface area contributed by atoms with Gasteiger partial charge in [0.1, 0.15) is 0 Å². The molecule has 0 radical (unpaired) electrons.